The van der Waals surface area contributed by atoms with Gasteiger partial charge in [0, 0.05) is 13.5 Å². The molecule has 4 N–H and O–H groups in total. The van der Waals surface area contributed by atoms with Crippen LogP contribution in [0.5, 0.6) is 0 Å². The molecule has 0 spiro atoms. The summed E-state index contributed by atoms with van der Waals surface area (Å²) in [4.78, 5) is 6.19. The first-order chi connectivity index (χ1) is 11.4. The second kappa shape index (κ2) is 6.26. The number of hydrogen-bond donors (Lipinski definition) is 3. The molecule has 5 nitrogen and oxygen atoms in total. The Morgan fingerprint density at radius 2 is 1.92 bits per heavy atom. The van der Waals surface area contributed by atoms with Crippen molar-refractivity contribution in [2.24, 2.45) is 10.7 Å². The molecule has 1 heterocycles. The first kappa shape index (κ1) is 16.5. The topological polar surface area (TPSA) is 82.1 Å². The molecule has 2 aromatic carbocycles. The van der Waals surface area contributed by atoms with Gasteiger partial charge in [0.2, 0.25) is 0 Å². The number of guanidine groups is 1. The molecule has 0 radical (unpaired) electrons. The third-order valence-corrected chi connectivity index (χ3v) is 4.70. The zero-order chi connectivity index (χ0) is 17.3. The van der Waals surface area contributed by atoms with Crippen LogP contribution in [0.2, 0.25) is 0 Å². The number of rotatable bonds is 3. The van der Waals surface area contributed by atoms with Gasteiger partial charge < -0.3 is 20.8 Å². The third kappa shape index (κ3) is 3.00. The highest BCUT2D eigenvalue weighted by Crippen LogP contribution is 2.36. The Bertz CT molecular complexity index is 757. The smallest absolute Gasteiger partial charge is 0.193 e. The van der Waals surface area contributed by atoms with Crippen LogP contribution in [0.4, 0.5) is 0 Å². The van der Waals surface area contributed by atoms with Crippen LogP contribution >= 0.6 is 0 Å². The average Bonchev–Trinajstić information content (AvgIpc) is 2.60. The zero-order valence-electron chi connectivity index (χ0n) is 14.0. The summed E-state index contributed by atoms with van der Waals surface area (Å²) in [6, 6.07) is 16.0. The van der Waals surface area contributed by atoms with Crippen LogP contribution in [0.3, 0.4) is 0 Å². The fourth-order valence-electron chi connectivity index (χ4n) is 3.04. The number of aliphatic hydroxyl groups is 2. The Balaban J connectivity index is 1.98. The Labute approximate surface area is 142 Å². The summed E-state index contributed by atoms with van der Waals surface area (Å²) in [5.41, 5.74) is 9.44. The summed E-state index contributed by atoms with van der Waals surface area (Å²) in [6.45, 7) is 2.03. The highest BCUT2D eigenvalue weighted by molar-refractivity contribution is 5.79. The molecular weight excluding hydrogens is 302 g/mol. The largest absolute Gasteiger partial charge is 0.392 e. The number of aliphatic imine (C=N–C) groups is 1. The van der Waals surface area contributed by atoms with Gasteiger partial charge in [-0.3, -0.25) is 0 Å². The Morgan fingerprint density at radius 3 is 2.54 bits per heavy atom. The average molecular weight is 325 g/mol. The summed E-state index contributed by atoms with van der Waals surface area (Å²) < 4.78 is 0. The van der Waals surface area contributed by atoms with Gasteiger partial charge in [0.1, 0.15) is 6.23 Å². The van der Waals surface area contributed by atoms with Crippen LogP contribution in [-0.2, 0) is 12.1 Å². The van der Waals surface area contributed by atoms with Gasteiger partial charge in [0.05, 0.1) is 12.1 Å². The van der Waals surface area contributed by atoms with E-state index in [1.165, 1.54) is 0 Å². The van der Waals surface area contributed by atoms with E-state index in [2.05, 4.69) is 11.1 Å². The van der Waals surface area contributed by atoms with Crippen LogP contribution < -0.4 is 5.73 Å². The highest BCUT2D eigenvalue weighted by Gasteiger charge is 2.36. The van der Waals surface area contributed by atoms with Gasteiger partial charge in [0.25, 0.3) is 0 Å². The van der Waals surface area contributed by atoms with E-state index in [1.54, 1.807) is 11.9 Å². The Morgan fingerprint density at radius 1 is 1.21 bits per heavy atom. The molecule has 126 valence electrons. The fourth-order valence-corrected chi connectivity index (χ4v) is 3.04. The van der Waals surface area contributed by atoms with E-state index < -0.39 is 11.8 Å². The molecule has 0 saturated heterocycles. The van der Waals surface area contributed by atoms with Crippen LogP contribution in [0.15, 0.2) is 53.5 Å². The van der Waals surface area contributed by atoms with E-state index in [1.807, 2.05) is 49.4 Å². The summed E-state index contributed by atoms with van der Waals surface area (Å²) in [5, 5.41) is 19.4. The van der Waals surface area contributed by atoms with Gasteiger partial charge in [-0.2, -0.15) is 0 Å². The summed E-state index contributed by atoms with van der Waals surface area (Å²) in [6.07, 6.45) is -0.170. The highest BCUT2D eigenvalue weighted by atomic mass is 16.3. The van der Waals surface area contributed by atoms with Crippen molar-refractivity contribution < 1.29 is 10.2 Å². The maximum Gasteiger partial charge on any atom is 0.193 e. The normalized spacial score (nSPS) is 23.9. The zero-order valence-corrected chi connectivity index (χ0v) is 14.0. The van der Waals surface area contributed by atoms with E-state index in [9.17, 15) is 5.11 Å². The summed E-state index contributed by atoms with van der Waals surface area (Å²) in [5.74, 6) is 0.342. The second-order valence-corrected chi connectivity index (χ2v) is 6.48. The van der Waals surface area contributed by atoms with E-state index in [4.69, 9.17) is 10.8 Å². The maximum atomic E-state index is 10.2. The number of hydrogen-bond acceptors (Lipinski definition) is 5. The van der Waals surface area contributed by atoms with E-state index in [0.29, 0.717) is 12.4 Å². The molecule has 3 rings (SSSR count). The minimum atomic E-state index is -0.653. The van der Waals surface area contributed by atoms with Crippen molar-refractivity contribution in [2.75, 3.05) is 7.05 Å². The quantitative estimate of drug-likeness (QED) is 0.806. The number of benzene rings is 2. The van der Waals surface area contributed by atoms with Crippen molar-refractivity contribution in [1.29, 1.82) is 0 Å². The van der Waals surface area contributed by atoms with Crippen LogP contribution in [0.25, 0.3) is 11.1 Å². The van der Waals surface area contributed by atoms with Crippen LogP contribution in [0.1, 0.15) is 24.5 Å². The first-order valence-corrected chi connectivity index (χ1v) is 8.00. The molecule has 2 unspecified atom stereocenters. The summed E-state index contributed by atoms with van der Waals surface area (Å²) in [7, 11) is 1.74. The van der Waals surface area contributed by atoms with Gasteiger partial charge >= 0.3 is 0 Å². The summed E-state index contributed by atoms with van der Waals surface area (Å²) >= 11 is 0. The lowest BCUT2D eigenvalue weighted by Gasteiger charge is -2.38. The van der Waals surface area contributed by atoms with Crippen LogP contribution in [-0.4, -0.2) is 34.3 Å². The van der Waals surface area contributed by atoms with Crippen molar-refractivity contribution >= 4 is 5.96 Å². The molecule has 0 bridgehead atoms. The Kier molecular flexibility index (Phi) is 4.30. The molecule has 2 aromatic rings. The van der Waals surface area contributed by atoms with Crippen molar-refractivity contribution in [3.8, 4) is 11.1 Å². The van der Waals surface area contributed by atoms with E-state index in [0.717, 1.165) is 22.3 Å². The molecule has 2 atom stereocenters. The van der Waals surface area contributed by atoms with Gasteiger partial charge in [-0.05, 0) is 35.2 Å². The van der Waals surface area contributed by atoms with Crippen molar-refractivity contribution in [1.82, 2.24) is 4.90 Å². The van der Waals surface area contributed by atoms with E-state index in [-0.39, 0.29) is 6.61 Å². The fraction of sp³-hybridized carbons (Fsp3) is 0.316. The Hall–Kier alpha value is -2.37. The van der Waals surface area contributed by atoms with Crippen molar-refractivity contribution in [2.45, 2.75) is 31.7 Å². The molecule has 0 saturated carbocycles. The second-order valence-electron chi connectivity index (χ2n) is 6.48. The molecule has 1 aliphatic heterocycles. The maximum absolute atomic E-state index is 10.2. The third-order valence-electron chi connectivity index (χ3n) is 4.70. The molecule has 1 aliphatic rings. The van der Waals surface area contributed by atoms with Crippen molar-refractivity contribution in [3.05, 3.63) is 59.7 Å². The van der Waals surface area contributed by atoms with E-state index >= 15 is 0 Å². The minimum Gasteiger partial charge on any atom is -0.392 e. The minimum absolute atomic E-state index is 0.0395. The predicted octanol–water partition coefficient (Wildman–Crippen LogP) is 2.03. The van der Waals surface area contributed by atoms with Gasteiger partial charge in [-0.1, -0.05) is 42.5 Å². The molecule has 0 fully saturated rings. The molecular formula is C19H23N3O2. The number of nitrogens with two attached hydrogens (primary N) is 1. The molecule has 24 heavy (non-hydrogen) atoms. The van der Waals surface area contributed by atoms with Crippen LogP contribution in [0, 0.1) is 0 Å². The van der Waals surface area contributed by atoms with Gasteiger partial charge in [-0.25, -0.2) is 4.99 Å². The predicted molar refractivity (Wildman–Crippen MR) is 95.2 cm³/mol. The molecule has 0 amide bonds. The lowest BCUT2D eigenvalue weighted by atomic mass is 9.85. The van der Waals surface area contributed by atoms with Gasteiger partial charge in [-0.15, -0.1) is 0 Å². The van der Waals surface area contributed by atoms with Crippen molar-refractivity contribution in [3.63, 3.8) is 0 Å². The molecule has 5 heteroatoms. The first-order valence-electron chi connectivity index (χ1n) is 8.00. The molecule has 0 aromatic heterocycles. The molecule has 0 aliphatic carbocycles. The standard InChI is InChI=1S/C19H23N3O2/c1-19(11-17(24)22(2)18(20)21-19)16-5-3-4-15(10-16)14-8-6-13(12-23)7-9-14/h3-10,17,23-24H,11-12H2,1-2H3,(H2,20,21). The monoisotopic (exact) mass is 325 g/mol. The number of nitrogens with zero attached hydrogens (tertiary/aromatic N) is 2. The van der Waals surface area contributed by atoms with Gasteiger partial charge in [0.15, 0.2) is 5.96 Å². The SMILES string of the molecule is CN1C(N)=NC(C)(c2cccc(-c3ccc(CO)cc3)c2)CC1O. The number of aliphatic hydroxyl groups excluding tert-OH is 2. The lowest BCUT2D eigenvalue weighted by Crippen LogP contribution is -2.50. The lowest BCUT2D eigenvalue weighted by molar-refractivity contribution is 0.0292.